The average Bonchev–Trinajstić information content (AvgIpc) is 2.64. The summed E-state index contributed by atoms with van der Waals surface area (Å²) in [4.78, 5) is 24.0. The Bertz CT molecular complexity index is 688. The van der Waals surface area contributed by atoms with E-state index in [1.807, 2.05) is 34.6 Å². The van der Waals surface area contributed by atoms with E-state index in [0.717, 1.165) is 5.56 Å². The van der Waals surface area contributed by atoms with Crippen molar-refractivity contribution in [3.05, 3.63) is 23.8 Å². The Morgan fingerprint density at radius 1 is 0.862 bits per heavy atom. The number of nitrogens with one attached hydrogen (secondary N) is 2. The minimum Gasteiger partial charge on any atom is -0.449 e. The third kappa shape index (κ3) is 9.62. The lowest BCUT2D eigenvalue weighted by atomic mass is 10.1. The van der Waals surface area contributed by atoms with Gasteiger partial charge in [-0.1, -0.05) is 6.07 Å². The lowest BCUT2D eigenvalue weighted by Gasteiger charge is -2.22. The molecule has 29 heavy (non-hydrogen) atoms. The Balaban J connectivity index is 2.55. The van der Waals surface area contributed by atoms with Crippen molar-refractivity contribution in [3.8, 4) is 0 Å². The molecule has 1 rings (SSSR count). The first-order valence-corrected chi connectivity index (χ1v) is 9.56. The van der Waals surface area contributed by atoms with Gasteiger partial charge >= 0.3 is 12.2 Å². The molecule has 2 N–H and O–H groups in total. The number of hydrogen-bond donors (Lipinski definition) is 2. The molecule has 0 aliphatic rings. The zero-order valence-corrected chi connectivity index (χ0v) is 18.5. The van der Waals surface area contributed by atoms with E-state index < -0.39 is 12.2 Å². The van der Waals surface area contributed by atoms with E-state index in [1.165, 1.54) is 0 Å². The van der Waals surface area contributed by atoms with Crippen LogP contribution in [-0.2, 0) is 18.9 Å². The second-order valence-electron chi connectivity index (χ2n) is 7.98. The Kier molecular flexibility index (Phi) is 9.39. The molecule has 0 aliphatic carbocycles. The molecule has 8 heteroatoms. The second kappa shape index (κ2) is 11.0. The largest absolute Gasteiger partial charge is 0.449 e. The summed E-state index contributed by atoms with van der Waals surface area (Å²) in [5, 5.41) is 5.34. The Morgan fingerprint density at radius 3 is 1.83 bits per heavy atom. The van der Waals surface area contributed by atoms with Crippen LogP contribution in [0.4, 0.5) is 21.0 Å². The van der Waals surface area contributed by atoms with Gasteiger partial charge in [0.15, 0.2) is 0 Å². The first-order valence-electron chi connectivity index (χ1n) is 9.56. The van der Waals surface area contributed by atoms with Gasteiger partial charge < -0.3 is 18.9 Å². The molecule has 0 saturated carbocycles. The van der Waals surface area contributed by atoms with Crippen molar-refractivity contribution in [1.29, 1.82) is 0 Å². The lowest BCUT2D eigenvalue weighted by molar-refractivity contribution is 0.000742. The minimum absolute atomic E-state index is 0.230. The summed E-state index contributed by atoms with van der Waals surface area (Å²) in [6.07, 6.45) is 0.00429. The summed E-state index contributed by atoms with van der Waals surface area (Å²) in [6, 6.07) is 5.16. The van der Waals surface area contributed by atoms with Gasteiger partial charge in [0.25, 0.3) is 0 Å². The number of hydrogen-bond acceptors (Lipinski definition) is 6. The quantitative estimate of drug-likeness (QED) is 0.579. The summed E-state index contributed by atoms with van der Waals surface area (Å²) < 4.78 is 21.0. The number of anilines is 2. The van der Waals surface area contributed by atoms with Crippen LogP contribution in [0, 0.1) is 6.92 Å². The minimum atomic E-state index is -0.573. The highest BCUT2D eigenvalue weighted by Crippen LogP contribution is 2.21. The molecule has 0 aromatic heterocycles. The highest BCUT2D eigenvalue weighted by molar-refractivity contribution is 5.89. The van der Waals surface area contributed by atoms with E-state index in [-0.39, 0.29) is 24.4 Å². The summed E-state index contributed by atoms with van der Waals surface area (Å²) in [6.45, 7) is 9.98. The third-order valence-electron chi connectivity index (χ3n) is 4.70. The molecule has 0 atom stereocenters. The number of methoxy groups -OCH3 is 2. The molecule has 0 fully saturated rings. The maximum Gasteiger partial charge on any atom is 0.411 e. The number of carbonyl (C=O) groups is 2. The first kappa shape index (κ1) is 24.7. The zero-order valence-electron chi connectivity index (χ0n) is 18.5. The van der Waals surface area contributed by atoms with E-state index >= 15 is 0 Å². The van der Waals surface area contributed by atoms with Crippen LogP contribution in [0.15, 0.2) is 18.2 Å². The molecule has 1 aromatic rings. The van der Waals surface area contributed by atoms with E-state index in [1.54, 1.807) is 32.4 Å². The van der Waals surface area contributed by atoms with Crippen molar-refractivity contribution in [1.82, 2.24) is 0 Å². The summed E-state index contributed by atoms with van der Waals surface area (Å²) in [5.74, 6) is 0. The van der Waals surface area contributed by atoms with Crippen LogP contribution < -0.4 is 10.6 Å². The number of rotatable bonds is 10. The van der Waals surface area contributed by atoms with Crippen LogP contribution in [0.5, 0.6) is 0 Å². The standard InChI is InChI=1S/C21H34N2O6/c1-15-8-9-16(22-18(24)28-12-10-20(2,3)26-6)14-17(15)23-19(25)29-13-11-21(4,5)27-7/h8-9,14H,10-13H2,1-7H3,(H,22,24)(H,23,25). The van der Waals surface area contributed by atoms with Gasteiger partial charge in [-0.2, -0.15) is 0 Å². The number of carbonyl (C=O) groups excluding carboxylic acids is 2. The predicted molar refractivity (Wildman–Crippen MR) is 113 cm³/mol. The molecule has 2 amide bonds. The Labute approximate surface area is 173 Å². The smallest absolute Gasteiger partial charge is 0.411 e. The maximum absolute atomic E-state index is 12.0. The summed E-state index contributed by atoms with van der Waals surface area (Å²) in [5.41, 5.74) is 1.15. The Hall–Kier alpha value is -2.32. The van der Waals surface area contributed by atoms with Crippen molar-refractivity contribution >= 4 is 23.6 Å². The van der Waals surface area contributed by atoms with Gasteiger partial charge in [-0.3, -0.25) is 10.6 Å². The molecule has 8 nitrogen and oxygen atoms in total. The molecule has 0 radical (unpaired) electrons. The molecule has 1 aromatic carbocycles. The van der Waals surface area contributed by atoms with Crippen molar-refractivity contribution in [2.24, 2.45) is 0 Å². The molecule has 0 unspecified atom stereocenters. The number of aryl methyl sites for hydroxylation is 1. The lowest BCUT2D eigenvalue weighted by Crippen LogP contribution is -2.26. The van der Waals surface area contributed by atoms with E-state index in [0.29, 0.717) is 24.2 Å². The normalized spacial score (nSPS) is 11.7. The van der Waals surface area contributed by atoms with E-state index in [2.05, 4.69) is 10.6 Å². The highest BCUT2D eigenvalue weighted by atomic mass is 16.6. The molecule has 0 spiro atoms. The van der Waals surface area contributed by atoms with E-state index in [9.17, 15) is 9.59 Å². The van der Waals surface area contributed by atoms with Gasteiger partial charge in [0.1, 0.15) is 0 Å². The van der Waals surface area contributed by atoms with Gasteiger partial charge in [0, 0.05) is 38.4 Å². The average molecular weight is 411 g/mol. The molecule has 0 aliphatic heterocycles. The van der Waals surface area contributed by atoms with Crippen molar-refractivity contribution in [3.63, 3.8) is 0 Å². The van der Waals surface area contributed by atoms with Crippen LogP contribution in [-0.4, -0.2) is 50.8 Å². The molecular weight excluding hydrogens is 376 g/mol. The molecule has 164 valence electrons. The third-order valence-corrected chi connectivity index (χ3v) is 4.70. The van der Waals surface area contributed by atoms with Crippen molar-refractivity contribution < 1.29 is 28.5 Å². The van der Waals surface area contributed by atoms with Crippen LogP contribution in [0.2, 0.25) is 0 Å². The fourth-order valence-corrected chi connectivity index (χ4v) is 2.12. The van der Waals surface area contributed by atoms with Gasteiger partial charge in [0.2, 0.25) is 0 Å². The van der Waals surface area contributed by atoms with Crippen LogP contribution in [0.25, 0.3) is 0 Å². The fraction of sp³-hybridized carbons (Fsp3) is 0.619. The fourth-order valence-electron chi connectivity index (χ4n) is 2.12. The topological polar surface area (TPSA) is 95.1 Å². The first-order chi connectivity index (χ1) is 13.5. The van der Waals surface area contributed by atoms with Gasteiger partial charge in [-0.25, -0.2) is 9.59 Å². The van der Waals surface area contributed by atoms with Gasteiger partial charge in [-0.05, 0) is 52.3 Å². The van der Waals surface area contributed by atoms with Crippen LogP contribution in [0.3, 0.4) is 0 Å². The number of benzene rings is 1. The van der Waals surface area contributed by atoms with Gasteiger partial charge in [0.05, 0.1) is 24.4 Å². The van der Waals surface area contributed by atoms with Gasteiger partial charge in [-0.15, -0.1) is 0 Å². The molecular formula is C21H34N2O6. The highest BCUT2D eigenvalue weighted by Gasteiger charge is 2.18. The molecule has 0 bridgehead atoms. The SMILES string of the molecule is COC(C)(C)CCOC(=O)Nc1ccc(C)c(NC(=O)OCCC(C)(C)OC)c1. The van der Waals surface area contributed by atoms with Crippen molar-refractivity contribution in [2.75, 3.05) is 38.1 Å². The number of amides is 2. The predicted octanol–water partition coefficient (Wildman–Crippen LogP) is 4.72. The van der Waals surface area contributed by atoms with E-state index in [4.69, 9.17) is 18.9 Å². The van der Waals surface area contributed by atoms with Crippen LogP contribution in [0.1, 0.15) is 46.1 Å². The summed E-state index contributed by atoms with van der Waals surface area (Å²) >= 11 is 0. The molecule has 0 heterocycles. The monoisotopic (exact) mass is 410 g/mol. The van der Waals surface area contributed by atoms with Crippen LogP contribution >= 0.6 is 0 Å². The Morgan fingerprint density at radius 2 is 1.34 bits per heavy atom. The van der Waals surface area contributed by atoms with Crippen molar-refractivity contribution in [2.45, 2.75) is 58.7 Å². The zero-order chi connectivity index (χ0) is 22.1. The number of ether oxygens (including phenoxy) is 4. The molecule has 0 saturated heterocycles. The maximum atomic E-state index is 12.0. The summed E-state index contributed by atoms with van der Waals surface area (Å²) in [7, 11) is 3.23. The second-order valence-corrected chi connectivity index (χ2v) is 7.98.